The molecule has 2 aliphatic heterocycles. The monoisotopic (exact) mass is 386 g/mol. The Morgan fingerprint density at radius 3 is 2.55 bits per heavy atom. The quantitative estimate of drug-likeness (QED) is 0.828. The molecule has 146 valence electrons. The number of carbonyl (C=O) groups excluding carboxylic acids is 2. The Bertz CT molecular complexity index is 1050. The molecule has 2 aromatic carbocycles. The summed E-state index contributed by atoms with van der Waals surface area (Å²) in [4.78, 5) is 31.2. The Morgan fingerprint density at radius 1 is 1.07 bits per heavy atom. The maximum absolute atomic E-state index is 13.3. The van der Waals surface area contributed by atoms with Gasteiger partial charge >= 0.3 is 0 Å². The van der Waals surface area contributed by atoms with E-state index in [9.17, 15) is 9.59 Å². The van der Waals surface area contributed by atoms with E-state index >= 15 is 0 Å². The van der Waals surface area contributed by atoms with Crippen molar-refractivity contribution in [2.24, 2.45) is 4.99 Å². The van der Waals surface area contributed by atoms with Gasteiger partial charge in [-0.05, 0) is 50.3 Å². The highest BCUT2D eigenvalue weighted by atomic mass is 16.2. The van der Waals surface area contributed by atoms with Crippen LogP contribution in [0.2, 0.25) is 0 Å². The number of rotatable bonds is 4. The summed E-state index contributed by atoms with van der Waals surface area (Å²) in [5.74, 6) is -0.0938. The van der Waals surface area contributed by atoms with E-state index in [1.807, 2.05) is 61.5 Å². The van der Waals surface area contributed by atoms with Gasteiger partial charge in [-0.3, -0.25) is 9.59 Å². The summed E-state index contributed by atoms with van der Waals surface area (Å²) in [5.41, 5.74) is 2.46. The molecule has 0 radical (unpaired) electrons. The number of amides is 2. The van der Waals surface area contributed by atoms with Crippen molar-refractivity contribution in [3.8, 4) is 0 Å². The number of anilines is 3. The molecule has 0 aromatic heterocycles. The van der Waals surface area contributed by atoms with Crippen LogP contribution in [0.25, 0.3) is 0 Å². The normalized spacial score (nSPS) is 20.1. The van der Waals surface area contributed by atoms with Gasteiger partial charge in [-0.2, -0.15) is 4.99 Å². The van der Waals surface area contributed by atoms with E-state index < -0.39 is 5.54 Å². The molecule has 2 N–H and O–H groups in total. The molecule has 0 saturated heterocycles. The van der Waals surface area contributed by atoms with Crippen molar-refractivity contribution in [3.05, 3.63) is 78.5 Å². The predicted octanol–water partition coefficient (Wildman–Crippen LogP) is 4.15. The molecular weight excluding hydrogens is 364 g/mol. The van der Waals surface area contributed by atoms with Gasteiger partial charge in [0.2, 0.25) is 0 Å². The fourth-order valence-electron chi connectivity index (χ4n) is 3.43. The molecule has 2 amide bonds. The first kappa shape index (κ1) is 18.7. The SMILES string of the molecule is Cc1ccc(Nc2ccccc2NC(=O)C2(C)CC(=O)N=C3C=CC=CN32)cc1. The van der Waals surface area contributed by atoms with E-state index in [2.05, 4.69) is 15.6 Å². The van der Waals surface area contributed by atoms with E-state index in [0.717, 1.165) is 11.4 Å². The van der Waals surface area contributed by atoms with E-state index in [0.29, 0.717) is 11.5 Å². The second-order valence-corrected chi connectivity index (χ2v) is 7.38. The molecule has 0 aliphatic carbocycles. The number of amidine groups is 1. The molecule has 6 nitrogen and oxygen atoms in total. The fourth-order valence-corrected chi connectivity index (χ4v) is 3.43. The Kier molecular flexibility index (Phi) is 4.76. The maximum Gasteiger partial charge on any atom is 0.250 e. The van der Waals surface area contributed by atoms with Gasteiger partial charge in [0, 0.05) is 11.9 Å². The van der Waals surface area contributed by atoms with Crippen LogP contribution in [0.4, 0.5) is 17.1 Å². The highest BCUT2D eigenvalue weighted by Gasteiger charge is 2.45. The lowest BCUT2D eigenvalue weighted by Gasteiger charge is -2.41. The number of para-hydroxylation sites is 2. The average molecular weight is 386 g/mol. The number of nitrogens with zero attached hydrogens (tertiary/aromatic N) is 2. The molecule has 0 spiro atoms. The molecule has 4 rings (SSSR count). The lowest BCUT2D eigenvalue weighted by Crippen LogP contribution is -2.58. The molecule has 2 aliphatic rings. The third-order valence-corrected chi connectivity index (χ3v) is 5.10. The summed E-state index contributed by atoms with van der Waals surface area (Å²) in [5, 5.41) is 6.34. The number of fused-ring (bicyclic) bond motifs is 1. The van der Waals surface area contributed by atoms with Gasteiger partial charge < -0.3 is 15.5 Å². The molecule has 0 fully saturated rings. The van der Waals surface area contributed by atoms with Gasteiger partial charge in [-0.25, -0.2) is 0 Å². The zero-order valence-corrected chi connectivity index (χ0v) is 16.3. The molecular formula is C23H22N4O2. The first-order chi connectivity index (χ1) is 14.0. The highest BCUT2D eigenvalue weighted by molar-refractivity contribution is 6.12. The Balaban J connectivity index is 1.59. The number of aliphatic imine (C=N–C) groups is 1. The van der Waals surface area contributed by atoms with Crippen LogP contribution in [0.1, 0.15) is 18.9 Å². The lowest BCUT2D eigenvalue weighted by molar-refractivity contribution is -0.130. The van der Waals surface area contributed by atoms with Gasteiger partial charge in [0.15, 0.2) is 0 Å². The van der Waals surface area contributed by atoms with E-state index in [-0.39, 0.29) is 18.2 Å². The first-order valence-electron chi connectivity index (χ1n) is 9.46. The second kappa shape index (κ2) is 7.39. The largest absolute Gasteiger partial charge is 0.354 e. The van der Waals surface area contributed by atoms with Crippen molar-refractivity contribution in [2.45, 2.75) is 25.8 Å². The number of carbonyl (C=O) groups is 2. The van der Waals surface area contributed by atoms with E-state index in [1.54, 1.807) is 30.2 Å². The van der Waals surface area contributed by atoms with Crippen molar-refractivity contribution < 1.29 is 9.59 Å². The zero-order chi connectivity index (χ0) is 20.4. The maximum atomic E-state index is 13.3. The van der Waals surface area contributed by atoms with Crippen LogP contribution in [0.5, 0.6) is 0 Å². The predicted molar refractivity (Wildman–Crippen MR) is 115 cm³/mol. The van der Waals surface area contributed by atoms with E-state index in [1.165, 1.54) is 5.56 Å². The number of hydrogen-bond acceptors (Lipinski definition) is 4. The summed E-state index contributed by atoms with van der Waals surface area (Å²) in [6, 6.07) is 15.5. The van der Waals surface area contributed by atoms with Crippen LogP contribution >= 0.6 is 0 Å². The first-order valence-corrected chi connectivity index (χ1v) is 9.46. The minimum absolute atomic E-state index is 0.00801. The molecule has 1 unspecified atom stereocenters. The van der Waals surface area contributed by atoms with Crippen molar-refractivity contribution in [1.82, 2.24) is 4.90 Å². The van der Waals surface area contributed by atoms with Gasteiger partial charge in [0.25, 0.3) is 11.8 Å². The van der Waals surface area contributed by atoms with Crippen molar-refractivity contribution in [3.63, 3.8) is 0 Å². The number of aryl methyl sites for hydroxylation is 1. The van der Waals surface area contributed by atoms with Crippen LogP contribution < -0.4 is 10.6 Å². The van der Waals surface area contributed by atoms with Crippen LogP contribution in [-0.4, -0.2) is 28.1 Å². The van der Waals surface area contributed by atoms with Crippen LogP contribution in [0, 0.1) is 6.92 Å². The van der Waals surface area contributed by atoms with Crippen molar-refractivity contribution >= 4 is 34.7 Å². The van der Waals surface area contributed by atoms with Crippen molar-refractivity contribution in [1.29, 1.82) is 0 Å². The van der Waals surface area contributed by atoms with Gasteiger partial charge in [0.05, 0.1) is 17.8 Å². The summed E-state index contributed by atoms with van der Waals surface area (Å²) in [6.45, 7) is 3.79. The standard InChI is InChI=1S/C23H22N4O2/c1-16-10-12-17(13-11-16)24-18-7-3-4-8-19(18)25-22(29)23(2)15-21(28)26-20-9-5-6-14-27(20)23/h3-14,24H,15H2,1-2H3,(H,25,29). The number of hydrogen-bond donors (Lipinski definition) is 2. The van der Waals surface area contributed by atoms with Gasteiger partial charge in [-0.15, -0.1) is 0 Å². The lowest BCUT2D eigenvalue weighted by atomic mass is 9.91. The van der Waals surface area contributed by atoms with Crippen LogP contribution in [0.15, 0.2) is 78.0 Å². The summed E-state index contributed by atoms with van der Waals surface area (Å²) >= 11 is 0. The fraction of sp³-hybridized carbons (Fsp3) is 0.174. The second-order valence-electron chi connectivity index (χ2n) is 7.38. The summed E-state index contributed by atoms with van der Waals surface area (Å²) in [6.07, 6.45) is 7.14. The molecule has 2 heterocycles. The topological polar surface area (TPSA) is 73.8 Å². The van der Waals surface area contributed by atoms with Crippen molar-refractivity contribution in [2.75, 3.05) is 10.6 Å². The molecule has 2 aromatic rings. The van der Waals surface area contributed by atoms with Gasteiger partial charge in [-0.1, -0.05) is 35.9 Å². The minimum Gasteiger partial charge on any atom is -0.354 e. The third-order valence-electron chi connectivity index (χ3n) is 5.10. The van der Waals surface area contributed by atoms with Gasteiger partial charge in [0.1, 0.15) is 11.4 Å². The average Bonchev–Trinajstić information content (AvgIpc) is 2.71. The molecule has 29 heavy (non-hydrogen) atoms. The number of nitrogens with one attached hydrogen (secondary N) is 2. The zero-order valence-electron chi connectivity index (χ0n) is 16.3. The Labute approximate surface area is 169 Å². The highest BCUT2D eigenvalue weighted by Crippen LogP contribution is 2.31. The van der Waals surface area contributed by atoms with E-state index in [4.69, 9.17) is 0 Å². The van der Waals surface area contributed by atoms with Crippen LogP contribution in [-0.2, 0) is 9.59 Å². The Hall–Kier alpha value is -3.67. The Morgan fingerprint density at radius 2 is 1.79 bits per heavy atom. The summed E-state index contributed by atoms with van der Waals surface area (Å²) < 4.78 is 0. The number of benzene rings is 2. The summed E-state index contributed by atoms with van der Waals surface area (Å²) in [7, 11) is 0. The smallest absolute Gasteiger partial charge is 0.250 e. The van der Waals surface area contributed by atoms with Crippen LogP contribution in [0.3, 0.4) is 0 Å². The third kappa shape index (κ3) is 3.69. The number of allylic oxidation sites excluding steroid dienone is 2. The molecule has 6 heteroatoms. The molecule has 1 atom stereocenters. The minimum atomic E-state index is -1.06. The molecule has 0 saturated carbocycles. The molecule has 0 bridgehead atoms.